The van der Waals surface area contributed by atoms with Gasteiger partial charge in [-0.3, -0.25) is 9.69 Å². The van der Waals surface area contributed by atoms with Gasteiger partial charge < -0.3 is 9.15 Å². The van der Waals surface area contributed by atoms with Crippen LogP contribution in [0.3, 0.4) is 0 Å². The molecule has 0 bridgehead atoms. The molecule has 2 aromatic carbocycles. The molecule has 0 unspecified atom stereocenters. The molecule has 4 nitrogen and oxygen atoms in total. The molecule has 140 valence electrons. The highest BCUT2D eigenvalue weighted by molar-refractivity contribution is 5.82. The Morgan fingerprint density at radius 1 is 1.15 bits per heavy atom. The number of fused-ring (bicyclic) bond motifs is 1. The molecule has 4 heteroatoms. The summed E-state index contributed by atoms with van der Waals surface area (Å²) in [7, 11) is 0. The summed E-state index contributed by atoms with van der Waals surface area (Å²) in [4.78, 5) is 15.3. The normalized spacial score (nSPS) is 14.2. The van der Waals surface area contributed by atoms with Crippen LogP contribution in [0.5, 0.6) is 5.75 Å². The molecular weight excluding hydrogens is 338 g/mol. The first-order valence-electron chi connectivity index (χ1n) is 9.63. The summed E-state index contributed by atoms with van der Waals surface area (Å²) < 4.78 is 11.7. The van der Waals surface area contributed by atoms with Crippen molar-refractivity contribution in [3.63, 3.8) is 0 Å². The van der Waals surface area contributed by atoms with Gasteiger partial charge in [0, 0.05) is 24.7 Å². The predicted octanol–water partition coefficient (Wildman–Crippen LogP) is 4.71. The van der Waals surface area contributed by atoms with Crippen LogP contribution in [-0.2, 0) is 0 Å². The van der Waals surface area contributed by atoms with Crippen LogP contribution in [0.15, 0.2) is 64.0 Å². The molecule has 1 aromatic heterocycles. The molecule has 1 aliphatic carbocycles. The first-order chi connectivity index (χ1) is 13.1. The zero-order chi connectivity index (χ0) is 18.8. The quantitative estimate of drug-likeness (QED) is 0.610. The molecular formula is C23H25NO3. The largest absolute Gasteiger partial charge is 0.492 e. The van der Waals surface area contributed by atoms with Gasteiger partial charge in [-0.15, -0.1) is 0 Å². The summed E-state index contributed by atoms with van der Waals surface area (Å²) in [6.07, 6.45) is 4.13. The number of rotatable bonds is 7. The van der Waals surface area contributed by atoms with E-state index in [9.17, 15) is 4.79 Å². The molecule has 3 aromatic rings. The van der Waals surface area contributed by atoms with Crippen molar-refractivity contribution in [2.24, 2.45) is 0 Å². The fraction of sp³-hybridized carbons (Fsp3) is 0.348. The molecule has 0 N–H and O–H groups in total. The molecule has 0 saturated heterocycles. The lowest BCUT2D eigenvalue weighted by molar-refractivity contribution is 0.168. The number of hydrogen-bond acceptors (Lipinski definition) is 4. The number of benzene rings is 2. The van der Waals surface area contributed by atoms with E-state index in [1.54, 1.807) is 6.07 Å². The molecule has 0 aliphatic heterocycles. The van der Waals surface area contributed by atoms with Crippen LogP contribution in [0, 0.1) is 0 Å². The second kappa shape index (κ2) is 7.57. The minimum Gasteiger partial charge on any atom is -0.492 e. The Balaban J connectivity index is 1.50. The van der Waals surface area contributed by atoms with Gasteiger partial charge in [-0.25, -0.2) is 0 Å². The average Bonchev–Trinajstić information content (AvgIpc) is 3.51. The third-order valence-corrected chi connectivity index (χ3v) is 5.13. The Morgan fingerprint density at radius 2 is 1.93 bits per heavy atom. The van der Waals surface area contributed by atoms with E-state index in [0.29, 0.717) is 29.2 Å². The topological polar surface area (TPSA) is 42.7 Å². The van der Waals surface area contributed by atoms with Gasteiger partial charge in [-0.1, -0.05) is 30.3 Å². The number of ether oxygens (including phenoxy) is 1. The van der Waals surface area contributed by atoms with E-state index in [4.69, 9.17) is 9.15 Å². The van der Waals surface area contributed by atoms with Crippen molar-refractivity contribution in [1.82, 2.24) is 4.90 Å². The molecule has 27 heavy (non-hydrogen) atoms. The van der Waals surface area contributed by atoms with Crippen LogP contribution in [-0.4, -0.2) is 30.1 Å². The van der Waals surface area contributed by atoms with Crippen molar-refractivity contribution in [1.29, 1.82) is 0 Å². The fourth-order valence-electron chi connectivity index (χ4n) is 3.55. The summed E-state index contributed by atoms with van der Waals surface area (Å²) in [6.45, 7) is 6.00. The third kappa shape index (κ3) is 3.91. The van der Waals surface area contributed by atoms with E-state index >= 15 is 0 Å². The molecule has 1 fully saturated rings. The van der Waals surface area contributed by atoms with E-state index in [-0.39, 0.29) is 5.43 Å². The van der Waals surface area contributed by atoms with Gasteiger partial charge in [0.15, 0.2) is 5.43 Å². The van der Waals surface area contributed by atoms with Gasteiger partial charge in [0.05, 0.1) is 10.9 Å². The maximum absolute atomic E-state index is 12.8. The van der Waals surface area contributed by atoms with Crippen LogP contribution < -0.4 is 10.2 Å². The zero-order valence-corrected chi connectivity index (χ0v) is 15.9. The Morgan fingerprint density at radius 3 is 2.63 bits per heavy atom. The second-order valence-electron chi connectivity index (χ2n) is 7.41. The molecule has 1 heterocycles. The SMILES string of the molecule is CC(C)N(CCOc1ccc2c(=O)c(-c3ccccc3)coc2c1)C1CC1. The molecule has 1 saturated carbocycles. The lowest BCUT2D eigenvalue weighted by Crippen LogP contribution is -2.36. The predicted molar refractivity (Wildman–Crippen MR) is 108 cm³/mol. The standard InChI is InChI=1S/C23H25NO3/c1-16(2)24(18-8-9-18)12-13-26-19-10-11-20-22(14-19)27-15-21(23(20)25)17-6-4-3-5-7-17/h3-7,10-11,14-16,18H,8-9,12-13H2,1-2H3. The smallest absolute Gasteiger partial charge is 0.200 e. The summed E-state index contributed by atoms with van der Waals surface area (Å²) in [6, 6.07) is 16.3. The van der Waals surface area contributed by atoms with Crippen LogP contribution in [0.25, 0.3) is 22.1 Å². The van der Waals surface area contributed by atoms with Crippen LogP contribution in [0.1, 0.15) is 26.7 Å². The Bertz CT molecular complexity index is 972. The molecule has 1 aliphatic rings. The van der Waals surface area contributed by atoms with E-state index in [1.165, 1.54) is 19.1 Å². The highest BCUT2D eigenvalue weighted by Crippen LogP contribution is 2.28. The minimum atomic E-state index is -0.0197. The lowest BCUT2D eigenvalue weighted by atomic mass is 10.1. The van der Waals surface area contributed by atoms with Gasteiger partial charge in [-0.2, -0.15) is 0 Å². The number of hydrogen-bond donors (Lipinski definition) is 0. The highest BCUT2D eigenvalue weighted by Gasteiger charge is 2.30. The molecule has 0 atom stereocenters. The zero-order valence-electron chi connectivity index (χ0n) is 15.9. The summed E-state index contributed by atoms with van der Waals surface area (Å²) in [5, 5.41) is 0.575. The van der Waals surface area contributed by atoms with Gasteiger partial charge in [0.2, 0.25) is 0 Å². The number of nitrogens with zero attached hydrogens (tertiary/aromatic N) is 1. The van der Waals surface area contributed by atoms with E-state index in [1.807, 2.05) is 42.5 Å². The van der Waals surface area contributed by atoms with Crippen LogP contribution in [0.2, 0.25) is 0 Å². The highest BCUT2D eigenvalue weighted by atomic mass is 16.5. The van der Waals surface area contributed by atoms with Crippen molar-refractivity contribution < 1.29 is 9.15 Å². The van der Waals surface area contributed by atoms with Crippen molar-refractivity contribution >= 4 is 11.0 Å². The van der Waals surface area contributed by atoms with Gasteiger partial charge in [-0.05, 0) is 44.4 Å². The molecule has 0 spiro atoms. The fourth-order valence-corrected chi connectivity index (χ4v) is 3.55. The maximum atomic E-state index is 12.8. The Labute approximate surface area is 159 Å². The monoisotopic (exact) mass is 363 g/mol. The summed E-state index contributed by atoms with van der Waals surface area (Å²) in [5.41, 5.74) is 1.98. The van der Waals surface area contributed by atoms with Gasteiger partial charge >= 0.3 is 0 Å². The van der Waals surface area contributed by atoms with E-state index in [0.717, 1.165) is 23.9 Å². The summed E-state index contributed by atoms with van der Waals surface area (Å²) >= 11 is 0. The van der Waals surface area contributed by atoms with Crippen molar-refractivity contribution in [2.45, 2.75) is 38.8 Å². The van der Waals surface area contributed by atoms with Crippen LogP contribution >= 0.6 is 0 Å². The third-order valence-electron chi connectivity index (χ3n) is 5.13. The summed E-state index contributed by atoms with van der Waals surface area (Å²) in [5.74, 6) is 0.734. The van der Waals surface area contributed by atoms with E-state index in [2.05, 4.69) is 18.7 Å². The lowest BCUT2D eigenvalue weighted by Gasteiger charge is -2.26. The van der Waals surface area contributed by atoms with Crippen molar-refractivity contribution in [3.05, 3.63) is 65.0 Å². The first kappa shape index (κ1) is 17.8. The Kier molecular flexibility index (Phi) is 4.99. The van der Waals surface area contributed by atoms with Gasteiger partial charge in [0.1, 0.15) is 24.2 Å². The second-order valence-corrected chi connectivity index (χ2v) is 7.41. The molecule has 0 radical (unpaired) electrons. The minimum absolute atomic E-state index is 0.0197. The van der Waals surface area contributed by atoms with Crippen molar-refractivity contribution in [2.75, 3.05) is 13.2 Å². The van der Waals surface area contributed by atoms with Gasteiger partial charge in [0.25, 0.3) is 0 Å². The Hall–Kier alpha value is -2.59. The molecule has 0 amide bonds. The average molecular weight is 363 g/mol. The van der Waals surface area contributed by atoms with Crippen LogP contribution in [0.4, 0.5) is 0 Å². The first-order valence-corrected chi connectivity index (χ1v) is 9.63. The van der Waals surface area contributed by atoms with Crippen molar-refractivity contribution in [3.8, 4) is 16.9 Å². The van der Waals surface area contributed by atoms with E-state index < -0.39 is 0 Å². The molecule has 4 rings (SSSR count). The maximum Gasteiger partial charge on any atom is 0.200 e.